The maximum absolute atomic E-state index is 6.25. The molecule has 0 atom stereocenters. The molecular weight excluding hydrogens is 484 g/mol. The number of benzene rings is 3. The van der Waals surface area contributed by atoms with E-state index in [0.29, 0.717) is 39.7 Å². The summed E-state index contributed by atoms with van der Waals surface area (Å²) in [6.45, 7) is 0.850. The van der Waals surface area contributed by atoms with Gasteiger partial charge in [0.05, 0.1) is 17.8 Å². The van der Waals surface area contributed by atoms with E-state index in [-0.39, 0.29) is 0 Å². The van der Waals surface area contributed by atoms with Crippen LogP contribution in [0.4, 0.5) is 5.69 Å². The Morgan fingerprint density at radius 1 is 0.929 bits per heavy atom. The molecule has 3 aromatic rings. The average Bonchev–Trinajstić information content (AvgIpc) is 2.69. The summed E-state index contributed by atoms with van der Waals surface area (Å²) in [5.41, 5.74) is 2.65. The molecule has 7 heteroatoms. The molecule has 28 heavy (non-hydrogen) atoms. The smallest absolute Gasteiger partial charge is 0.167 e. The molecule has 0 radical (unpaired) electrons. The zero-order valence-corrected chi connectivity index (χ0v) is 18.8. The van der Waals surface area contributed by atoms with E-state index >= 15 is 0 Å². The first-order valence-corrected chi connectivity index (χ1v) is 10.3. The highest BCUT2D eigenvalue weighted by Crippen LogP contribution is 2.38. The van der Waals surface area contributed by atoms with E-state index in [4.69, 9.17) is 44.3 Å². The summed E-state index contributed by atoms with van der Waals surface area (Å²) in [6.07, 6.45) is 0. The predicted molar refractivity (Wildman–Crippen MR) is 120 cm³/mol. The Bertz CT molecular complexity index is 965. The van der Waals surface area contributed by atoms with Gasteiger partial charge in [0.25, 0.3) is 0 Å². The van der Waals surface area contributed by atoms with Crippen LogP contribution < -0.4 is 14.8 Å². The van der Waals surface area contributed by atoms with Gasteiger partial charge in [-0.15, -0.1) is 0 Å². The summed E-state index contributed by atoms with van der Waals surface area (Å²) in [4.78, 5) is 0. The van der Waals surface area contributed by atoms with Crippen molar-refractivity contribution < 1.29 is 9.47 Å². The number of ether oxygens (including phenoxy) is 2. The van der Waals surface area contributed by atoms with Crippen molar-refractivity contribution >= 4 is 56.4 Å². The van der Waals surface area contributed by atoms with Gasteiger partial charge in [-0.2, -0.15) is 0 Å². The van der Waals surface area contributed by atoms with E-state index in [0.717, 1.165) is 21.3 Å². The molecule has 3 aromatic carbocycles. The van der Waals surface area contributed by atoms with Crippen LogP contribution in [-0.4, -0.2) is 7.11 Å². The molecule has 0 bridgehead atoms. The van der Waals surface area contributed by atoms with Crippen molar-refractivity contribution in [1.29, 1.82) is 0 Å². The number of halogens is 4. The fourth-order valence-electron chi connectivity index (χ4n) is 2.62. The lowest BCUT2D eigenvalue weighted by Gasteiger charge is -2.18. The first-order valence-electron chi connectivity index (χ1n) is 8.39. The van der Waals surface area contributed by atoms with E-state index < -0.39 is 0 Å². The molecule has 146 valence electrons. The van der Waals surface area contributed by atoms with Crippen LogP contribution in [-0.2, 0) is 13.2 Å². The van der Waals surface area contributed by atoms with Crippen molar-refractivity contribution in [3.05, 3.63) is 85.3 Å². The van der Waals surface area contributed by atoms with Gasteiger partial charge in [0.1, 0.15) is 6.61 Å². The van der Waals surface area contributed by atoms with Crippen molar-refractivity contribution in [2.45, 2.75) is 13.2 Å². The van der Waals surface area contributed by atoms with Gasteiger partial charge < -0.3 is 14.8 Å². The summed E-state index contributed by atoms with van der Waals surface area (Å²) >= 11 is 21.9. The van der Waals surface area contributed by atoms with Crippen molar-refractivity contribution in [2.24, 2.45) is 0 Å². The van der Waals surface area contributed by atoms with E-state index in [1.165, 1.54) is 0 Å². The van der Waals surface area contributed by atoms with Crippen molar-refractivity contribution in [3.8, 4) is 11.5 Å². The third-order valence-corrected chi connectivity index (χ3v) is 5.63. The number of rotatable bonds is 7. The molecular formula is C21H17BrCl3NO2. The predicted octanol–water partition coefficient (Wildman–Crippen LogP) is 7.61. The summed E-state index contributed by atoms with van der Waals surface area (Å²) < 4.78 is 12.5. The van der Waals surface area contributed by atoms with Gasteiger partial charge in [0, 0.05) is 26.6 Å². The second-order valence-electron chi connectivity index (χ2n) is 5.95. The Balaban J connectivity index is 1.84. The van der Waals surface area contributed by atoms with Crippen LogP contribution in [0, 0.1) is 0 Å². The summed E-state index contributed by atoms with van der Waals surface area (Å²) in [5.74, 6) is 1.30. The number of hydrogen-bond donors (Lipinski definition) is 1. The lowest BCUT2D eigenvalue weighted by atomic mass is 10.1. The molecule has 0 heterocycles. The Morgan fingerprint density at radius 3 is 2.36 bits per heavy atom. The number of anilines is 1. The Morgan fingerprint density at radius 2 is 1.64 bits per heavy atom. The molecule has 3 nitrogen and oxygen atoms in total. The van der Waals surface area contributed by atoms with Crippen LogP contribution in [0.5, 0.6) is 11.5 Å². The monoisotopic (exact) mass is 499 g/mol. The fraction of sp³-hybridized carbons (Fsp3) is 0.143. The molecule has 0 saturated carbocycles. The van der Waals surface area contributed by atoms with E-state index in [2.05, 4.69) is 21.2 Å². The van der Waals surface area contributed by atoms with Gasteiger partial charge in [-0.1, -0.05) is 62.9 Å². The SMILES string of the molecule is COc1ccc(Br)c(CNc2cc(Cl)ccc2Cl)c1OCc1ccc(Cl)cc1. The van der Waals surface area contributed by atoms with Crippen molar-refractivity contribution in [2.75, 3.05) is 12.4 Å². The lowest BCUT2D eigenvalue weighted by molar-refractivity contribution is 0.281. The minimum atomic E-state index is 0.384. The van der Waals surface area contributed by atoms with Crippen LogP contribution in [0.3, 0.4) is 0 Å². The van der Waals surface area contributed by atoms with Crippen LogP contribution in [0.2, 0.25) is 15.1 Å². The van der Waals surface area contributed by atoms with Crippen LogP contribution in [0.25, 0.3) is 0 Å². The van der Waals surface area contributed by atoms with Crippen molar-refractivity contribution in [3.63, 3.8) is 0 Å². The second-order valence-corrected chi connectivity index (χ2v) is 8.08. The highest BCUT2D eigenvalue weighted by Gasteiger charge is 2.15. The topological polar surface area (TPSA) is 30.5 Å². The number of hydrogen-bond acceptors (Lipinski definition) is 3. The number of methoxy groups -OCH3 is 1. The minimum absolute atomic E-state index is 0.384. The maximum Gasteiger partial charge on any atom is 0.167 e. The molecule has 0 fully saturated rings. The van der Waals surface area contributed by atoms with Gasteiger partial charge in [-0.25, -0.2) is 0 Å². The first kappa shape index (κ1) is 21.1. The Labute approximate surface area is 187 Å². The van der Waals surface area contributed by atoms with Crippen LogP contribution in [0.1, 0.15) is 11.1 Å². The van der Waals surface area contributed by atoms with Crippen molar-refractivity contribution in [1.82, 2.24) is 0 Å². The fourth-order valence-corrected chi connectivity index (χ4v) is 3.55. The molecule has 0 amide bonds. The summed E-state index contributed by atoms with van der Waals surface area (Å²) in [7, 11) is 1.61. The first-order chi connectivity index (χ1) is 13.5. The van der Waals surface area contributed by atoms with Gasteiger partial charge in [-0.3, -0.25) is 0 Å². The molecule has 0 unspecified atom stereocenters. The quantitative estimate of drug-likeness (QED) is 0.361. The second kappa shape index (κ2) is 9.75. The highest BCUT2D eigenvalue weighted by molar-refractivity contribution is 9.10. The van der Waals surface area contributed by atoms with Crippen LogP contribution >= 0.6 is 50.7 Å². The van der Waals surface area contributed by atoms with Crippen LogP contribution in [0.15, 0.2) is 59.1 Å². The molecule has 0 aliphatic heterocycles. The normalized spacial score (nSPS) is 10.6. The maximum atomic E-state index is 6.25. The molecule has 0 aliphatic carbocycles. The van der Waals surface area contributed by atoms with Gasteiger partial charge >= 0.3 is 0 Å². The third kappa shape index (κ3) is 5.26. The zero-order valence-electron chi connectivity index (χ0n) is 14.9. The Hall–Kier alpha value is -1.59. The largest absolute Gasteiger partial charge is 0.493 e. The molecule has 0 spiro atoms. The van der Waals surface area contributed by atoms with Gasteiger partial charge in [0.2, 0.25) is 0 Å². The molecule has 0 aliphatic rings. The summed E-state index contributed by atoms with van der Waals surface area (Å²) in [6, 6.07) is 16.6. The minimum Gasteiger partial charge on any atom is -0.493 e. The average molecular weight is 502 g/mol. The van der Waals surface area contributed by atoms with Gasteiger partial charge in [-0.05, 0) is 48.0 Å². The highest BCUT2D eigenvalue weighted by atomic mass is 79.9. The van der Waals surface area contributed by atoms with Gasteiger partial charge in [0.15, 0.2) is 11.5 Å². The molecule has 1 N–H and O–H groups in total. The third-order valence-electron chi connectivity index (χ3n) is 4.07. The molecule has 3 rings (SSSR count). The lowest BCUT2D eigenvalue weighted by Crippen LogP contribution is -2.06. The Kier molecular flexibility index (Phi) is 7.36. The van der Waals surface area contributed by atoms with E-state index in [1.54, 1.807) is 25.3 Å². The standard InChI is InChI=1S/C21H17BrCl3NO2/c1-27-20-9-7-17(22)16(11-26-19-10-15(24)6-8-18(19)25)21(20)28-12-13-2-4-14(23)5-3-13/h2-10,26H,11-12H2,1H3. The zero-order chi connectivity index (χ0) is 20.1. The van der Waals surface area contributed by atoms with E-state index in [1.807, 2.05) is 36.4 Å². The molecule has 0 aromatic heterocycles. The van der Waals surface area contributed by atoms with E-state index in [9.17, 15) is 0 Å². The summed E-state index contributed by atoms with van der Waals surface area (Å²) in [5, 5.41) is 5.19. The molecule has 0 saturated heterocycles. The number of nitrogens with one attached hydrogen (secondary N) is 1.